The Morgan fingerprint density at radius 1 is 1.88 bits per heavy atom. The van der Waals surface area contributed by atoms with E-state index in [4.69, 9.17) is 0 Å². The second-order valence-electron chi connectivity index (χ2n) is 1.13. The summed E-state index contributed by atoms with van der Waals surface area (Å²) in [4.78, 5) is 9.65. The molecular formula is C4H7O3P. The molecule has 0 radical (unpaired) electrons. The van der Waals surface area contributed by atoms with E-state index in [9.17, 15) is 9.46 Å². The van der Waals surface area contributed by atoms with Crippen molar-refractivity contribution in [3.05, 3.63) is 12.7 Å². The summed E-state index contributed by atoms with van der Waals surface area (Å²) in [5, 5.41) is 0. The zero-order valence-electron chi connectivity index (χ0n) is 4.37. The molecule has 3 nitrogen and oxygen atoms in total. The van der Waals surface area contributed by atoms with Gasteiger partial charge in [-0.1, -0.05) is 6.08 Å². The minimum absolute atomic E-state index is 0.211. The topological polar surface area (TPSA) is 49.4 Å². The Labute approximate surface area is 48.9 Å². The van der Waals surface area contributed by atoms with Crippen molar-refractivity contribution in [3.63, 3.8) is 0 Å². The first kappa shape index (κ1) is 7.76. The van der Waals surface area contributed by atoms with Gasteiger partial charge >= 0.3 is 8.25 Å². The van der Waals surface area contributed by atoms with Crippen molar-refractivity contribution >= 4 is 8.25 Å². The summed E-state index contributed by atoms with van der Waals surface area (Å²) in [6.07, 6.45) is 2.17. The van der Waals surface area contributed by atoms with Gasteiger partial charge in [-0.3, -0.25) is 0 Å². The predicted molar refractivity (Wildman–Crippen MR) is 28.4 cm³/mol. The Hall–Kier alpha value is -0.240. The highest BCUT2D eigenvalue weighted by molar-refractivity contribution is 7.30. The van der Waals surface area contributed by atoms with Gasteiger partial charge in [0.2, 0.25) is 0 Å². The molecule has 1 atom stereocenters. The largest absolute Gasteiger partial charge is 0.566 e. The van der Waals surface area contributed by atoms with Crippen LogP contribution in [0.2, 0.25) is 0 Å². The Morgan fingerprint density at radius 2 is 2.50 bits per heavy atom. The number of hydrogen-bond donors (Lipinski definition) is 0. The molecule has 0 aromatic heterocycles. The van der Waals surface area contributed by atoms with Crippen molar-refractivity contribution in [1.29, 1.82) is 0 Å². The van der Waals surface area contributed by atoms with Crippen LogP contribution in [-0.2, 0) is 9.09 Å². The van der Waals surface area contributed by atoms with Crippen molar-refractivity contribution in [2.75, 3.05) is 6.61 Å². The standard InChI is InChI=1S/C4H7O3P/c1-2-3-4-7-8(5)6/h2H,1,3-4H2. The third kappa shape index (κ3) is 5.76. The molecule has 0 aliphatic heterocycles. The molecule has 0 aromatic rings. The molecule has 0 spiro atoms. The second kappa shape index (κ2) is 4.91. The van der Waals surface area contributed by atoms with E-state index in [0.29, 0.717) is 6.42 Å². The fourth-order valence-corrected chi connectivity index (χ4v) is 0.465. The molecule has 0 N–H and O–H groups in total. The Kier molecular flexibility index (Phi) is 4.76. The van der Waals surface area contributed by atoms with Crippen molar-refractivity contribution < 1.29 is 14.0 Å². The first-order chi connectivity index (χ1) is 3.77. The zero-order valence-corrected chi connectivity index (χ0v) is 5.27. The summed E-state index contributed by atoms with van der Waals surface area (Å²) in [7, 11) is -2.66. The van der Waals surface area contributed by atoms with Gasteiger partial charge in [0, 0.05) is 0 Å². The average molecular weight is 134 g/mol. The summed E-state index contributed by atoms with van der Waals surface area (Å²) in [6, 6.07) is 0. The third-order valence-electron chi connectivity index (χ3n) is 0.519. The second-order valence-corrected chi connectivity index (χ2v) is 1.84. The van der Waals surface area contributed by atoms with Gasteiger partial charge in [0.15, 0.2) is 0 Å². The van der Waals surface area contributed by atoms with E-state index < -0.39 is 8.25 Å². The highest BCUT2D eigenvalue weighted by Crippen LogP contribution is 2.07. The molecule has 1 unspecified atom stereocenters. The van der Waals surface area contributed by atoms with Crippen LogP contribution in [-0.4, -0.2) is 6.61 Å². The summed E-state index contributed by atoms with van der Waals surface area (Å²) in [5.41, 5.74) is 0. The van der Waals surface area contributed by atoms with Crippen LogP contribution in [0.3, 0.4) is 0 Å². The molecule has 0 aliphatic carbocycles. The van der Waals surface area contributed by atoms with Crippen LogP contribution >= 0.6 is 8.25 Å². The van der Waals surface area contributed by atoms with Gasteiger partial charge in [0.05, 0.1) is 0 Å². The lowest BCUT2D eigenvalue weighted by Crippen LogP contribution is -1.91. The van der Waals surface area contributed by atoms with Crippen LogP contribution in [0.5, 0.6) is 0 Å². The van der Waals surface area contributed by atoms with E-state index in [2.05, 4.69) is 11.1 Å². The van der Waals surface area contributed by atoms with E-state index in [1.165, 1.54) is 0 Å². The summed E-state index contributed by atoms with van der Waals surface area (Å²) >= 11 is 0. The van der Waals surface area contributed by atoms with Crippen molar-refractivity contribution in [2.45, 2.75) is 6.42 Å². The smallest absolute Gasteiger partial charge is 0.488 e. The lowest BCUT2D eigenvalue weighted by atomic mass is 10.5. The summed E-state index contributed by atoms with van der Waals surface area (Å²) in [6.45, 7) is 3.59. The summed E-state index contributed by atoms with van der Waals surface area (Å²) < 4.78 is 13.8. The molecular weight excluding hydrogens is 127 g/mol. The van der Waals surface area contributed by atoms with Crippen molar-refractivity contribution in [3.8, 4) is 0 Å². The van der Waals surface area contributed by atoms with Crippen LogP contribution in [0.4, 0.5) is 0 Å². The van der Waals surface area contributed by atoms with E-state index >= 15 is 0 Å². The lowest BCUT2D eigenvalue weighted by Gasteiger charge is -1.85. The number of hydrogen-bond acceptors (Lipinski definition) is 3. The first-order valence-electron chi connectivity index (χ1n) is 2.15. The SMILES string of the molecule is C=CCCO[P+](=O)[O-]. The molecule has 0 saturated carbocycles. The Balaban J connectivity index is 2.93. The van der Waals surface area contributed by atoms with Crippen LogP contribution in [0.1, 0.15) is 6.42 Å². The Morgan fingerprint density at radius 3 is 2.88 bits per heavy atom. The normalized spacial score (nSPS) is 10.9. The molecule has 46 valence electrons. The van der Waals surface area contributed by atoms with Crippen LogP contribution in [0.25, 0.3) is 0 Å². The molecule has 8 heavy (non-hydrogen) atoms. The van der Waals surface area contributed by atoms with Gasteiger partial charge in [0.1, 0.15) is 6.61 Å². The molecule has 0 fully saturated rings. The van der Waals surface area contributed by atoms with E-state index in [1.54, 1.807) is 6.08 Å². The minimum Gasteiger partial charge on any atom is -0.566 e. The van der Waals surface area contributed by atoms with Gasteiger partial charge in [-0.15, -0.1) is 11.1 Å². The Bertz CT molecular complexity index is 91.3. The molecule has 0 aliphatic rings. The van der Waals surface area contributed by atoms with Gasteiger partial charge in [0.25, 0.3) is 0 Å². The molecule has 4 heteroatoms. The minimum atomic E-state index is -2.66. The molecule has 0 saturated heterocycles. The fourth-order valence-electron chi connectivity index (χ4n) is 0.211. The highest BCUT2D eigenvalue weighted by atomic mass is 31.1. The third-order valence-corrected chi connectivity index (χ3v) is 0.912. The predicted octanol–water partition coefficient (Wildman–Crippen LogP) is 0.597. The van der Waals surface area contributed by atoms with Gasteiger partial charge in [-0.25, -0.2) is 0 Å². The van der Waals surface area contributed by atoms with Gasteiger partial charge in [-0.2, -0.15) is 0 Å². The quantitative estimate of drug-likeness (QED) is 0.321. The maximum absolute atomic E-state index is 9.65. The highest BCUT2D eigenvalue weighted by Gasteiger charge is 1.96. The van der Waals surface area contributed by atoms with Crippen LogP contribution in [0.15, 0.2) is 12.7 Å². The van der Waals surface area contributed by atoms with E-state index in [-0.39, 0.29) is 6.61 Å². The molecule has 0 rings (SSSR count). The molecule has 0 amide bonds. The van der Waals surface area contributed by atoms with Crippen LogP contribution < -0.4 is 4.89 Å². The molecule has 0 heterocycles. The monoisotopic (exact) mass is 134 g/mol. The first-order valence-corrected chi connectivity index (χ1v) is 3.25. The summed E-state index contributed by atoms with van der Waals surface area (Å²) in [5.74, 6) is 0. The van der Waals surface area contributed by atoms with Crippen molar-refractivity contribution in [2.24, 2.45) is 0 Å². The fraction of sp³-hybridized carbons (Fsp3) is 0.500. The number of rotatable bonds is 4. The van der Waals surface area contributed by atoms with Crippen LogP contribution in [0, 0.1) is 0 Å². The van der Waals surface area contributed by atoms with E-state index in [0.717, 1.165) is 0 Å². The molecule has 0 aromatic carbocycles. The van der Waals surface area contributed by atoms with Crippen molar-refractivity contribution in [1.82, 2.24) is 0 Å². The molecule has 0 bridgehead atoms. The maximum atomic E-state index is 9.65. The van der Waals surface area contributed by atoms with Gasteiger partial charge < -0.3 is 4.89 Å². The van der Waals surface area contributed by atoms with E-state index in [1.807, 2.05) is 0 Å². The average Bonchev–Trinajstić information content (AvgIpc) is 1.66. The maximum Gasteiger partial charge on any atom is 0.488 e. The zero-order chi connectivity index (χ0) is 6.41. The van der Waals surface area contributed by atoms with Gasteiger partial charge in [-0.05, 0) is 11.0 Å². The lowest BCUT2D eigenvalue weighted by molar-refractivity contribution is -0.185.